The summed E-state index contributed by atoms with van der Waals surface area (Å²) in [7, 11) is -5.79. The van der Waals surface area contributed by atoms with Crippen LogP contribution in [0.5, 0.6) is 0 Å². The molecule has 0 radical (unpaired) electrons. The van der Waals surface area contributed by atoms with Crippen molar-refractivity contribution in [2.45, 2.75) is 31.5 Å². The molecule has 1 aliphatic heterocycles. The minimum absolute atomic E-state index is 0.0606. The first-order chi connectivity index (χ1) is 8.04. The van der Waals surface area contributed by atoms with Crippen LogP contribution in [0.3, 0.4) is 0 Å². The fraction of sp³-hybridized carbons (Fsp3) is 0.875. The lowest BCUT2D eigenvalue weighted by Crippen LogP contribution is -2.49. The topological polar surface area (TPSA) is 83.9 Å². The molecule has 1 rings (SSSR count). The van der Waals surface area contributed by atoms with Gasteiger partial charge in [0.05, 0.1) is 0 Å². The van der Waals surface area contributed by atoms with Gasteiger partial charge in [0, 0.05) is 6.54 Å². The Labute approximate surface area is 101 Å². The predicted octanol–water partition coefficient (Wildman–Crippen LogP) is 1.59. The molecule has 0 aromatic rings. The molecule has 1 aliphatic rings. The molecule has 1 unspecified atom stereocenters. The number of hydrogen-bond donors (Lipinski definition) is 1. The van der Waals surface area contributed by atoms with Crippen molar-refractivity contribution in [2.24, 2.45) is 5.92 Å². The van der Waals surface area contributed by atoms with Crippen molar-refractivity contribution < 1.29 is 35.7 Å². The number of carbonyl (C=O) groups is 1. The second-order valence-corrected chi connectivity index (χ2v) is 5.63. The third-order valence-corrected chi connectivity index (χ3v) is 3.57. The molecular formula is C8H12F3NO5S. The monoisotopic (exact) mass is 291 g/mol. The summed E-state index contributed by atoms with van der Waals surface area (Å²) in [5.41, 5.74) is -5.56. The zero-order valence-corrected chi connectivity index (χ0v) is 10.2. The van der Waals surface area contributed by atoms with Crippen molar-refractivity contribution in [2.75, 3.05) is 6.54 Å². The third-order valence-electron chi connectivity index (χ3n) is 2.53. The first-order valence-corrected chi connectivity index (χ1v) is 6.44. The van der Waals surface area contributed by atoms with E-state index in [9.17, 15) is 26.4 Å². The lowest BCUT2D eigenvalue weighted by Gasteiger charge is -2.35. The summed E-state index contributed by atoms with van der Waals surface area (Å²) in [5, 5.41) is 8.80. The summed E-state index contributed by atoms with van der Waals surface area (Å²) in [5.74, 6) is -0.0606. The Morgan fingerprint density at radius 3 is 2.39 bits per heavy atom. The van der Waals surface area contributed by atoms with Gasteiger partial charge < -0.3 is 5.11 Å². The summed E-state index contributed by atoms with van der Waals surface area (Å²) >= 11 is 0. The van der Waals surface area contributed by atoms with E-state index in [1.807, 2.05) is 0 Å². The van der Waals surface area contributed by atoms with Gasteiger partial charge in [-0.05, 0) is 18.8 Å². The van der Waals surface area contributed by atoms with Gasteiger partial charge >= 0.3 is 21.7 Å². The average Bonchev–Trinajstić information content (AvgIpc) is 2.18. The normalized spacial score (nSPS) is 26.1. The Morgan fingerprint density at radius 1 is 1.39 bits per heavy atom. The first-order valence-electron chi connectivity index (χ1n) is 5.03. The number of carboxylic acid groups (broad SMARTS) is 1. The van der Waals surface area contributed by atoms with Crippen LogP contribution >= 0.6 is 0 Å². The highest BCUT2D eigenvalue weighted by atomic mass is 32.2. The number of piperidine rings is 1. The van der Waals surface area contributed by atoms with Crippen molar-refractivity contribution in [1.82, 2.24) is 4.90 Å². The molecule has 0 aliphatic carbocycles. The van der Waals surface area contributed by atoms with Crippen LogP contribution in [0.25, 0.3) is 0 Å². The maximum absolute atomic E-state index is 12.1. The van der Waals surface area contributed by atoms with Gasteiger partial charge in [0.25, 0.3) is 0 Å². The Morgan fingerprint density at radius 2 is 1.94 bits per heavy atom. The predicted molar refractivity (Wildman–Crippen MR) is 53.0 cm³/mol. The lowest BCUT2D eigenvalue weighted by molar-refractivity contribution is -0.0715. The summed E-state index contributed by atoms with van der Waals surface area (Å²) in [4.78, 5) is 11.4. The summed E-state index contributed by atoms with van der Waals surface area (Å²) in [6, 6.07) is 0. The molecule has 0 bridgehead atoms. The van der Waals surface area contributed by atoms with E-state index in [2.05, 4.69) is 4.18 Å². The number of amides is 1. The van der Waals surface area contributed by atoms with Gasteiger partial charge in [-0.1, -0.05) is 6.92 Å². The van der Waals surface area contributed by atoms with Crippen LogP contribution in [-0.2, 0) is 14.3 Å². The smallest absolute Gasteiger partial charge is 0.465 e. The van der Waals surface area contributed by atoms with Crippen molar-refractivity contribution >= 4 is 16.2 Å². The van der Waals surface area contributed by atoms with E-state index in [4.69, 9.17) is 5.11 Å². The fourth-order valence-electron chi connectivity index (χ4n) is 1.63. The van der Waals surface area contributed by atoms with Crippen molar-refractivity contribution in [1.29, 1.82) is 0 Å². The Hall–Kier alpha value is -1.03. The van der Waals surface area contributed by atoms with Crippen LogP contribution in [0.4, 0.5) is 18.0 Å². The van der Waals surface area contributed by atoms with Gasteiger partial charge in [0.2, 0.25) is 0 Å². The second-order valence-electron chi connectivity index (χ2n) is 4.07. The Bertz CT molecular complexity index is 421. The molecule has 18 heavy (non-hydrogen) atoms. The van der Waals surface area contributed by atoms with Crippen LogP contribution in [0.1, 0.15) is 19.8 Å². The summed E-state index contributed by atoms with van der Waals surface area (Å²) < 4.78 is 61.9. The van der Waals surface area contributed by atoms with Crippen molar-refractivity contribution in [3.8, 4) is 0 Å². The largest absolute Gasteiger partial charge is 0.523 e. The highest BCUT2D eigenvalue weighted by molar-refractivity contribution is 7.87. The molecule has 1 amide bonds. The summed E-state index contributed by atoms with van der Waals surface area (Å²) in [6.45, 7) is 1.65. The van der Waals surface area contributed by atoms with Gasteiger partial charge in [-0.3, -0.25) is 4.90 Å². The molecule has 0 aromatic carbocycles. The minimum Gasteiger partial charge on any atom is -0.465 e. The maximum Gasteiger partial charge on any atom is 0.523 e. The van der Waals surface area contributed by atoms with E-state index < -0.39 is 27.9 Å². The highest BCUT2D eigenvalue weighted by Crippen LogP contribution is 2.30. The molecule has 106 valence electrons. The number of nitrogens with zero attached hydrogens (tertiary/aromatic N) is 1. The lowest BCUT2D eigenvalue weighted by atomic mass is 9.99. The SMILES string of the molecule is C[C@H]1CCC(OS(=O)(=O)C(F)(F)F)N(C(=O)O)C1. The molecule has 10 heteroatoms. The quantitative estimate of drug-likeness (QED) is 0.617. The number of likely N-dealkylation sites (tertiary alicyclic amines) is 1. The zero-order valence-electron chi connectivity index (χ0n) is 9.35. The molecular weight excluding hydrogens is 279 g/mol. The first kappa shape index (κ1) is 15.0. The molecule has 1 N–H and O–H groups in total. The highest BCUT2D eigenvalue weighted by Gasteiger charge is 2.50. The van der Waals surface area contributed by atoms with Gasteiger partial charge in [0.1, 0.15) is 0 Å². The van der Waals surface area contributed by atoms with E-state index >= 15 is 0 Å². The van der Waals surface area contributed by atoms with E-state index in [1.54, 1.807) is 6.92 Å². The molecule has 0 aromatic heterocycles. The molecule has 6 nitrogen and oxygen atoms in total. The Balaban J connectivity index is 2.86. The standard InChI is InChI=1S/C8H12F3NO5S/c1-5-2-3-6(12(4-5)7(13)14)17-18(15,16)8(9,10)11/h5-6H,2-4H2,1H3,(H,13,14)/t5-,6?/m0/s1. The van der Waals surface area contributed by atoms with Crippen LogP contribution in [0, 0.1) is 5.92 Å². The minimum atomic E-state index is -5.79. The van der Waals surface area contributed by atoms with Crippen LogP contribution < -0.4 is 0 Å². The maximum atomic E-state index is 12.1. The van der Waals surface area contributed by atoms with Gasteiger partial charge in [-0.15, -0.1) is 0 Å². The van der Waals surface area contributed by atoms with Crippen molar-refractivity contribution in [3.63, 3.8) is 0 Å². The second kappa shape index (κ2) is 4.92. The number of hydrogen-bond acceptors (Lipinski definition) is 4. The molecule has 0 spiro atoms. The van der Waals surface area contributed by atoms with E-state index in [0.29, 0.717) is 11.3 Å². The molecule has 0 saturated carbocycles. The van der Waals surface area contributed by atoms with Crippen molar-refractivity contribution in [3.05, 3.63) is 0 Å². The van der Waals surface area contributed by atoms with E-state index in [1.165, 1.54) is 0 Å². The summed E-state index contributed by atoms with van der Waals surface area (Å²) in [6.07, 6.45) is -2.83. The average molecular weight is 291 g/mol. The number of alkyl halides is 3. The van der Waals surface area contributed by atoms with Gasteiger partial charge in [-0.2, -0.15) is 21.6 Å². The van der Waals surface area contributed by atoms with E-state index in [-0.39, 0.29) is 18.9 Å². The van der Waals surface area contributed by atoms with E-state index in [0.717, 1.165) is 0 Å². The van der Waals surface area contributed by atoms with Crippen LogP contribution in [-0.4, -0.2) is 42.8 Å². The molecule has 1 fully saturated rings. The number of halogens is 3. The Kier molecular flexibility index (Phi) is 4.11. The third kappa shape index (κ3) is 3.25. The molecule has 1 heterocycles. The molecule has 2 atom stereocenters. The van der Waals surface area contributed by atoms with Gasteiger partial charge in [0.15, 0.2) is 6.23 Å². The fourth-order valence-corrected chi connectivity index (χ4v) is 2.23. The van der Waals surface area contributed by atoms with Crippen LogP contribution in [0.2, 0.25) is 0 Å². The zero-order chi connectivity index (χ0) is 14.1. The van der Waals surface area contributed by atoms with Gasteiger partial charge in [-0.25, -0.2) is 8.98 Å². The molecule has 1 saturated heterocycles. The van der Waals surface area contributed by atoms with Crippen LogP contribution in [0.15, 0.2) is 0 Å². The number of rotatable bonds is 2.